The minimum atomic E-state index is -3.91. The van der Waals surface area contributed by atoms with E-state index < -0.39 is 20.9 Å². The summed E-state index contributed by atoms with van der Waals surface area (Å²) in [6.45, 7) is 4.79. The molecule has 0 saturated carbocycles. The summed E-state index contributed by atoms with van der Waals surface area (Å²) in [5, 5.41) is -0.560. The largest absolute Gasteiger partial charge is 0.309 e. The summed E-state index contributed by atoms with van der Waals surface area (Å²) in [5.74, 6) is -0.847. The Hall–Kier alpha value is -1.05. The lowest BCUT2D eigenvalue weighted by molar-refractivity contribution is 0.242. The molecule has 1 rings (SSSR count). The summed E-state index contributed by atoms with van der Waals surface area (Å²) in [7, 11) is -0.0918. The summed E-state index contributed by atoms with van der Waals surface area (Å²) in [6.07, 6.45) is 1.25. The number of hydrogen-bond donors (Lipinski definition) is 1. The zero-order valence-electron chi connectivity index (χ0n) is 11.6. The van der Waals surface area contributed by atoms with E-state index in [2.05, 4.69) is 9.71 Å². The van der Waals surface area contributed by atoms with Crippen molar-refractivity contribution in [2.24, 2.45) is 5.41 Å². The Labute approximate surface area is 113 Å². The van der Waals surface area contributed by atoms with Crippen LogP contribution in [0.5, 0.6) is 0 Å². The number of nitrogens with zero attached hydrogens (tertiary/aromatic N) is 2. The zero-order valence-corrected chi connectivity index (χ0v) is 12.5. The van der Waals surface area contributed by atoms with Gasteiger partial charge in [-0.25, -0.2) is 22.5 Å². The summed E-state index contributed by atoms with van der Waals surface area (Å²) >= 11 is 0. The van der Waals surface area contributed by atoms with Gasteiger partial charge in [-0.15, -0.1) is 0 Å². The topological polar surface area (TPSA) is 62.3 Å². The van der Waals surface area contributed by atoms with Gasteiger partial charge in [0.25, 0.3) is 10.0 Å². The molecule has 0 bridgehead atoms. The second-order valence-corrected chi connectivity index (χ2v) is 7.20. The van der Waals surface area contributed by atoms with Crippen molar-refractivity contribution in [1.29, 1.82) is 0 Å². The lowest BCUT2D eigenvalue weighted by Crippen LogP contribution is -2.40. The Morgan fingerprint density at radius 1 is 1.42 bits per heavy atom. The Morgan fingerprint density at radius 2 is 2.05 bits per heavy atom. The van der Waals surface area contributed by atoms with Crippen molar-refractivity contribution in [1.82, 2.24) is 14.6 Å². The molecular weight excluding hydrogens is 269 g/mol. The number of nitrogens with one attached hydrogen (secondary N) is 1. The predicted octanol–water partition coefficient (Wildman–Crippen LogP) is 1.09. The molecule has 0 spiro atoms. The quantitative estimate of drug-likeness (QED) is 0.851. The van der Waals surface area contributed by atoms with Crippen LogP contribution in [0.2, 0.25) is 0 Å². The third-order valence-electron chi connectivity index (χ3n) is 2.46. The Morgan fingerprint density at radius 3 is 2.58 bits per heavy atom. The highest BCUT2D eigenvalue weighted by atomic mass is 32.2. The molecule has 5 nitrogen and oxygen atoms in total. The average molecular weight is 289 g/mol. The van der Waals surface area contributed by atoms with E-state index in [-0.39, 0.29) is 12.0 Å². The van der Waals surface area contributed by atoms with Gasteiger partial charge >= 0.3 is 0 Å². The van der Waals surface area contributed by atoms with Crippen molar-refractivity contribution in [3.8, 4) is 0 Å². The van der Waals surface area contributed by atoms with Crippen molar-refractivity contribution in [3.05, 3.63) is 24.1 Å². The first kappa shape index (κ1) is 16.0. The van der Waals surface area contributed by atoms with Crippen LogP contribution in [0.25, 0.3) is 0 Å². The van der Waals surface area contributed by atoms with Crippen LogP contribution in [0.3, 0.4) is 0 Å². The van der Waals surface area contributed by atoms with E-state index in [0.29, 0.717) is 6.54 Å². The van der Waals surface area contributed by atoms with Crippen molar-refractivity contribution in [2.75, 3.05) is 27.2 Å². The minimum Gasteiger partial charge on any atom is -0.309 e. The van der Waals surface area contributed by atoms with Crippen molar-refractivity contribution >= 4 is 10.0 Å². The number of hydrogen-bond acceptors (Lipinski definition) is 4. The first-order valence-corrected chi connectivity index (χ1v) is 7.37. The Bertz CT molecular complexity index is 530. The van der Waals surface area contributed by atoms with Gasteiger partial charge < -0.3 is 4.90 Å². The van der Waals surface area contributed by atoms with Crippen LogP contribution in [0.15, 0.2) is 23.4 Å². The SMILES string of the molecule is CN(C)CC(C)(C)CNS(=O)(=O)c1ncccc1F. The fourth-order valence-corrected chi connectivity index (χ4v) is 3.08. The van der Waals surface area contributed by atoms with E-state index in [1.54, 1.807) is 0 Å². The van der Waals surface area contributed by atoms with Crippen molar-refractivity contribution in [3.63, 3.8) is 0 Å². The Kier molecular flexibility index (Phi) is 5.00. The number of rotatable bonds is 6. The van der Waals surface area contributed by atoms with Crippen LogP contribution >= 0.6 is 0 Å². The molecule has 0 aliphatic rings. The maximum absolute atomic E-state index is 13.4. The van der Waals surface area contributed by atoms with E-state index in [9.17, 15) is 12.8 Å². The molecule has 0 atom stereocenters. The number of halogens is 1. The summed E-state index contributed by atoms with van der Waals surface area (Å²) < 4.78 is 39.7. The van der Waals surface area contributed by atoms with Gasteiger partial charge in [0.2, 0.25) is 5.03 Å². The van der Waals surface area contributed by atoms with Crippen molar-refractivity contribution in [2.45, 2.75) is 18.9 Å². The number of sulfonamides is 1. The van der Waals surface area contributed by atoms with E-state index >= 15 is 0 Å². The number of aromatic nitrogens is 1. The summed E-state index contributed by atoms with van der Waals surface area (Å²) in [6, 6.07) is 2.43. The third kappa shape index (κ3) is 4.85. The summed E-state index contributed by atoms with van der Waals surface area (Å²) in [4.78, 5) is 5.54. The molecule has 0 saturated heterocycles. The zero-order chi connectivity index (χ0) is 14.7. The molecule has 108 valence electrons. The molecular formula is C12H20FN3O2S. The number of pyridine rings is 1. The maximum Gasteiger partial charge on any atom is 0.261 e. The fourth-order valence-electron chi connectivity index (χ4n) is 1.84. The van der Waals surface area contributed by atoms with Gasteiger partial charge in [0.05, 0.1) is 0 Å². The lowest BCUT2D eigenvalue weighted by Gasteiger charge is -2.28. The highest BCUT2D eigenvalue weighted by molar-refractivity contribution is 7.89. The molecule has 19 heavy (non-hydrogen) atoms. The molecule has 0 aliphatic heterocycles. The molecule has 1 N–H and O–H groups in total. The van der Waals surface area contributed by atoms with Crippen LogP contribution < -0.4 is 4.72 Å². The molecule has 1 aromatic rings. The van der Waals surface area contributed by atoms with E-state index in [0.717, 1.165) is 6.07 Å². The van der Waals surface area contributed by atoms with Crippen LogP contribution in [0.1, 0.15) is 13.8 Å². The monoisotopic (exact) mass is 289 g/mol. The van der Waals surface area contributed by atoms with Gasteiger partial charge in [0.1, 0.15) is 0 Å². The highest BCUT2D eigenvalue weighted by Crippen LogP contribution is 2.16. The predicted molar refractivity (Wildman–Crippen MR) is 71.7 cm³/mol. The van der Waals surface area contributed by atoms with E-state index in [1.165, 1.54) is 12.3 Å². The first-order valence-electron chi connectivity index (χ1n) is 5.89. The van der Waals surface area contributed by atoms with Gasteiger partial charge in [0.15, 0.2) is 5.82 Å². The molecule has 0 fully saturated rings. The van der Waals surface area contributed by atoms with E-state index in [1.807, 2.05) is 32.8 Å². The molecule has 0 unspecified atom stereocenters. The maximum atomic E-state index is 13.4. The smallest absolute Gasteiger partial charge is 0.261 e. The first-order chi connectivity index (χ1) is 8.64. The van der Waals surface area contributed by atoms with Gasteiger partial charge in [-0.1, -0.05) is 13.8 Å². The molecule has 0 radical (unpaired) electrons. The molecule has 7 heteroatoms. The van der Waals surface area contributed by atoms with Crippen LogP contribution in [0.4, 0.5) is 4.39 Å². The van der Waals surface area contributed by atoms with Crippen LogP contribution in [0, 0.1) is 11.2 Å². The molecule has 0 amide bonds. The van der Waals surface area contributed by atoms with Gasteiger partial charge in [-0.2, -0.15) is 0 Å². The molecule has 1 aromatic heterocycles. The lowest BCUT2D eigenvalue weighted by atomic mass is 9.93. The molecule has 0 aliphatic carbocycles. The fraction of sp³-hybridized carbons (Fsp3) is 0.583. The third-order valence-corrected chi connectivity index (χ3v) is 3.80. The van der Waals surface area contributed by atoms with Gasteiger partial charge in [0, 0.05) is 19.3 Å². The van der Waals surface area contributed by atoms with Crippen LogP contribution in [-0.2, 0) is 10.0 Å². The summed E-state index contributed by atoms with van der Waals surface area (Å²) in [5.41, 5.74) is -0.262. The standard InChI is InChI=1S/C12H20FN3O2S/c1-12(2,9-16(3)4)8-15-19(17,18)11-10(13)6-5-7-14-11/h5-7,15H,8-9H2,1-4H3. The molecule has 1 heterocycles. The second kappa shape index (κ2) is 5.94. The normalized spacial score (nSPS) is 12.9. The average Bonchev–Trinajstić information content (AvgIpc) is 2.25. The van der Waals surface area contributed by atoms with Gasteiger partial charge in [-0.05, 0) is 31.6 Å². The van der Waals surface area contributed by atoms with Crippen molar-refractivity contribution < 1.29 is 12.8 Å². The minimum absolute atomic E-state index is 0.212. The van der Waals surface area contributed by atoms with E-state index in [4.69, 9.17) is 0 Å². The van der Waals surface area contributed by atoms with Gasteiger partial charge in [-0.3, -0.25) is 0 Å². The van der Waals surface area contributed by atoms with Crippen LogP contribution in [-0.4, -0.2) is 45.5 Å². The Balaban J connectivity index is 2.80. The highest BCUT2D eigenvalue weighted by Gasteiger charge is 2.25. The molecule has 0 aromatic carbocycles. The second-order valence-electron chi connectivity index (χ2n) is 5.52.